The minimum Gasteiger partial charge on any atom is -0.399 e. The van der Waals surface area contributed by atoms with E-state index in [-0.39, 0.29) is 12.2 Å². The number of rotatable bonds is 4. The van der Waals surface area contributed by atoms with Crippen LogP contribution in [0, 0.1) is 11.6 Å². The fraction of sp³-hybridized carbons (Fsp3) is 0.182. The molecule has 0 bridgehead atoms. The minimum atomic E-state index is -4.34. The first kappa shape index (κ1) is 14.4. The second-order valence-corrected chi connectivity index (χ2v) is 5.80. The molecule has 6 nitrogen and oxygen atoms in total. The number of imidazole rings is 1. The standard InChI is InChI=1S/C11H12F2N4O2S/c1-17-3-2-15-10(17)6-16-20(18,19)11-8(12)4-7(14)5-9(11)13/h2-5,16H,6,14H2,1H3. The summed E-state index contributed by atoms with van der Waals surface area (Å²) in [5.41, 5.74) is 5.04. The Morgan fingerprint density at radius 3 is 2.45 bits per heavy atom. The number of nitrogens with one attached hydrogen (secondary N) is 1. The van der Waals surface area contributed by atoms with E-state index < -0.39 is 26.6 Å². The van der Waals surface area contributed by atoms with Gasteiger partial charge >= 0.3 is 0 Å². The fourth-order valence-electron chi connectivity index (χ4n) is 1.63. The summed E-state index contributed by atoms with van der Waals surface area (Å²) in [5.74, 6) is -2.07. The van der Waals surface area contributed by atoms with E-state index in [0.717, 1.165) is 12.1 Å². The highest BCUT2D eigenvalue weighted by Gasteiger charge is 2.24. The van der Waals surface area contributed by atoms with Crippen LogP contribution in [0.1, 0.15) is 5.82 Å². The summed E-state index contributed by atoms with van der Waals surface area (Å²) < 4.78 is 54.7. The van der Waals surface area contributed by atoms with Crippen molar-refractivity contribution >= 4 is 15.7 Å². The zero-order chi connectivity index (χ0) is 14.9. The highest BCUT2D eigenvalue weighted by Crippen LogP contribution is 2.21. The topological polar surface area (TPSA) is 90.0 Å². The van der Waals surface area contributed by atoms with Gasteiger partial charge in [-0.15, -0.1) is 0 Å². The monoisotopic (exact) mass is 302 g/mol. The number of aryl methyl sites for hydroxylation is 1. The van der Waals surface area contributed by atoms with Crippen LogP contribution in [-0.4, -0.2) is 18.0 Å². The van der Waals surface area contributed by atoms with Gasteiger partial charge in [0.2, 0.25) is 10.0 Å². The number of benzene rings is 1. The summed E-state index contributed by atoms with van der Waals surface area (Å²) in [7, 11) is -2.67. The van der Waals surface area contributed by atoms with E-state index in [2.05, 4.69) is 9.71 Å². The molecule has 0 saturated carbocycles. The average molecular weight is 302 g/mol. The number of anilines is 1. The molecule has 9 heteroatoms. The fourth-order valence-corrected chi connectivity index (χ4v) is 2.73. The van der Waals surface area contributed by atoms with Gasteiger partial charge < -0.3 is 10.3 Å². The lowest BCUT2D eigenvalue weighted by Gasteiger charge is -2.09. The second kappa shape index (κ2) is 5.17. The molecule has 1 aromatic carbocycles. The third-order valence-corrected chi connectivity index (χ3v) is 4.08. The smallest absolute Gasteiger partial charge is 0.246 e. The van der Waals surface area contributed by atoms with Crippen LogP contribution in [0.4, 0.5) is 14.5 Å². The molecule has 0 aliphatic heterocycles. The van der Waals surface area contributed by atoms with Gasteiger partial charge in [0, 0.05) is 25.1 Å². The number of halogens is 2. The zero-order valence-electron chi connectivity index (χ0n) is 10.5. The molecule has 1 aromatic heterocycles. The number of hydrogen-bond acceptors (Lipinski definition) is 4. The van der Waals surface area contributed by atoms with E-state index in [1.165, 1.54) is 6.20 Å². The summed E-state index contributed by atoms with van der Waals surface area (Å²) in [6.45, 7) is -0.185. The first-order valence-corrected chi connectivity index (χ1v) is 7.00. The van der Waals surface area contributed by atoms with Gasteiger partial charge in [0.1, 0.15) is 17.5 Å². The quantitative estimate of drug-likeness (QED) is 0.816. The molecule has 0 saturated heterocycles. The van der Waals surface area contributed by atoms with Crippen molar-refractivity contribution in [3.63, 3.8) is 0 Å². The molecule has 1 heterocycles. The zero-order valence-corrected chi connectivity index (χ0v) is 11.3. The van der Waals surface area contributed by atoms with Crippen molar-refractivity contribution in [1.82, 2.24) is 14.3 Å². The maximum atomic E-state index is 13.6. The normalized spacial score (nSPS) is 11.8. The Balaban J connectivity index is 2.30. The van der Waals surface area contributed by atoms with Crippen LogP contribution in [0.2, 0.25) is 0 Å². The molecule has 0 radical (unpaired) electrons. The molecule has 2 aromatic rings. The van der Waals surface area contributed by atoms with Crippen LogP contribution < -0.4 is 10.5 Å². The second-order valence-electron chi connectivity index (χ2n) is 4.09. The Labute approximate surface area is 114 Å². The highest BCUT2D eigenvalue weighted by atomic mass is 32.2. The van der Waals surface area contributed by atoms with Gasteiger partial charge in [0.05, 0.1) is 6.54 Å². The third-order valence-electron chi connectivity index (χ3n) is 2.63. The molecule has 20 heavy (non-hydrogen) atoms. The average Bonchev–Trinajstić information content (AvgIpc) is 2.70. The van der Waals surface area contributed by atoms with Crippen LogP contribution >= 0.6 is 0 Å². The molecule has 0 aliphatic carbocycles. The van der Waals surface area contributed by atoms with Gasteiger partial charge in [-0.1, -0.05) is 0 Å². The van der Waals surface area contributed by atoms with Crippen molar-refractivity contribution in [2.75, 3.05) is 5.73 Å². The van der Waals surface area contributed by atoms with E-state index in [1.54, 1.807) is 17.8 Å². The Morgan fingerprint density at radius 1 is 1.35 bits per heavy atom. The third kappa shape index (κ3) is 2.78. The van der Waals surface area contributed by atoms with Gasteiger partial charge in [0.25, 0.3) is 0 Å². The van der Waals surface area contributed by atoms with Crippen LogP contribution in [0.15, 0.2) is 29.4 Å². The lowest BCUT2D eigenvalue weighted by Crippen LogP contribution is -2.26. The number of nitrogens with zero attached hydrogens (tertiary/aromatic N) is 2. The predicted molar refractivity (Wildman–Crippen MR) is 68.0 cm³/mol. The largest absolute Gasteiger partial charge is 0.399 e. The van der Waals surface area contributed by atoms with E-state index in [0.29, 0.717) is 5.82 Å². The van der Waals surface area contributed by atoms with Crippen molar-refractivity contribution in [1.29, 1.82) is 0 Å². The number of hydrogen-bond donors (Lipinski definition) is 2. The van der Waals surface area contributed by atoms with Crippen LogP contribution in [0.25, 0.3) is 0 Å². The molecule has 0 fully saturated rings. The molecular weight excluding hydrogens is 290 g/mol. The summed E-state index contributed by atoms with van der Waals surface area (Å²) in [6.07, 6.45) is 3.10. The molecule has 0 aliphatic rings. The lowest BCUT2D eigenvalue weighted by atomic mass is 10.3. The number of aromatic nitrogens is 2. The van der Waals surface area contributed by atoms with Gasteiger partial charge in [-0.05, 0) is 12.1 Å². The lowest BCUT2D eigenvalue weighted by molar-refractivity contribution is 0.513. The maximum absolute atomic E-state index is 13.6. The van der Waals surface area contributed by atoms with E-state index in [9.17, 15) is 17.2 Å². The Kier molecular flexibility index (Phi) is 3.73. The van der Waals surface area contributed by atoms with Gasteiger partial charge in [-0.3, -0.25) is 0 Å². The van der Waals surface area contributed by atoms with Crippen LogP contribution in [0.3, 0.4) is 0 Å². The summed E-state index contributed by atoms with van der Waals surface area (Å²) in [4.78, 5) is 2.85. The number of sulfonamides is 1. The molecular formula is C11H12F2N4O2S. The Bertz CT molecular complexity index is 720. The SMILES string of the molecule is Cn1ccnc1CNS(=O)(=O)c1c(F)cc(N)cc1F. The van der Waals surface area contributed by atoms with Crippen molar-refractivity contribution in [3.05, 3.63) is 42.0 Å². The van der Waals surface area contributed by atoms with Gasteiger partial charge in [-0.2, -0.15) is 0 Å². The first-order chi connectivity index (χ1) is 9.31. The summed E-state index contributed by atoms with van der Waals surface area (Å²) in [6, 6.07) is 1.50. The maximum Gasteiger partial charge on any atom is 0.246 e. The summed E-state index contributed by atoms with van der Waals surface area (Å²) in [5, 5.41) is 0. The van der Waals surface area contributed by atoms with Crippen LogP contribution in [0.5, 0.6) is 0 Å². The Hall–Kier alpha value is -2.00. The molecule has 108 valence electrons. The minimum absolute atomic E-state index is 0.185. The highest BCUT2D eigenvalue weighted by molar-refractivity contribution is 7.89. The van der Waals surface area contributed by atoms with Crippen molar-refractivity contribution < 1.29 is 17.2 Å². The number of nitrogen functional groups attached to an aromatic ring is 1. The molecule has 2 rings (SSSR count). The van der Waals surface area contributed by atoms with Crippen LogP contribution in [-0.2, 0) is 23.6 Å². The molecule has 0 amide bonds. The number of nitrogens with two attached hydrogens (primary N) is 1. The molecule has 0 atom stereocenters. The van der Waals surface area contributed by atoms with E-state index in [4.69, 9.17) is 5.73 Å². The predicted octanol–water partition coefficient (Wildman–Crippen LogP) is 0.759. The van der Waals surface area contributed by atoms with Gasteiger partial charge in [0.15, 0.2) is 4.90 Å². The molecule has 0 unspecified atom stereocenters. The Morgan fingerprint density at radius 2 is 1.95 bits per heavy atom. The van der Waals surface area contributed by atoms with E-state index in [1.807, 2.05) is 0 Å². The van der Waals surface area contributed by atoms with Crippen molar-refractivity contribution in [2.45, 2.75) is 11.4 Å². The molecule has 3 N–H and O–H groups in total. The van der Waals surface area contributed by atoms with Gasteiger partial charge in [-0.25, -0.2) is 26.9 Å². The first-order valence-electron chi connectivity index (χ1n) is 5.51. The van der Waals surface area contributed by atoms with Crippen molar-refractivity contribution in [2.24, 2.45) is 7.05 Å². The summed E-state index contributed by atoms with van der Waals surface area (Å²) >= 11 is 0. The van der Waals surface area contributed by atoms with Crippen molar-refractivity contribution in [3.8, 4) is 0 Å². The molecule has 0 spiro atoms. The van der Waals surface area contributed by atoms with E-state index >= 15 is 0 Å².